The van der Waals surface area contributed by atoms with Gasteiger partial charge in [0.15, 0.2) is 9.84 Å². The number of alkyl halides is 3. The van der Waals surface area contributed by atoms with Gasteiger partial charge in [0, 0.05) is 19.5 Å². The molecule has 0 unspecified atom stereocenters. The van der Waals surface area contributed by atoms with Gasteiger partial charge in [-0.05, 0) is 48.6 Å². The van der Waals surface area contributed by atoms with E-state index in [0.717, 1.165) is 29.6 Å². The van der Waals surface area contributed by atoms with Crippen LogP contribution in [0.25, 0.3) is 0 Å². The predicted molar refractivity (Wildman–Crippen MR) is 105 cm³/mol. The minimum atomic E-state index is -4.35. The Balaban J connectivity index is 1.74. The number of aryl methyl sites for hydroxylation is 2. The SMILES string of the molecule is Cn1ncc(C#Cc2ccc(S(C)(=O)=O)cn2)c1CCc1ccc(C(F)(F)F)cc1. The molecule has 0 N–H and O–H groups in total. The lowest BCUT2D eigenvalue weighted by Crippen LogP contribution is -2.05. The van der Waals surface area contributed by atoms with Gasteiger partial charge in [-0.25, -0.2) is 13.4 Å². The van der Waals surface area contributed by atoms with Gasteiger partial charge in [0.25, 0.3) is 0 Å². The molecule has 0 radical (unpaired) electrons. The van der Waals surface area contributed by atoms with E-state index in [2.05, 4.69) is 21.9 Å². The number of hydrogen-bond donors (Lipinski definition) is 0. The largest absolute Gasteiger partial charge is 0.416 e. The molecule has 156 valence electrons. The number of benzene rings is 1. The molecule has 3 rings (SSSR count). The number of halogens is 3. The monoisotopic (exact) mass is 433 g/mol. The summed E-state index contributed by atoms with van der Waals surface area (Å²) in [6.45, 7) is 0. The summed E-state index contributed by atoms with van der Waals surface area (Å²) in [6, 6.07) is 8.06. The Kier molecular flexibility index (Phi) is 5.99. The summed E-state index contributed by atoms with van der Waals surface area (Å²) >= 11 is 0. The van der Waals surface area contributed by atoms with Crippen molar-refractivity contribution in [2.24, 2.45) is 7.05 Å². The van der Waals surface area contributed by atoms with Crippen molar-refractivity contribution < 1.29 is 21.6 Å². The smallest absolute Gasteiger partial charge is 0.271 e. The first-order valence-corrected chi connectivity index (χ1v) is 10.8. The van der Waals surface area contributed by atoms with Gasteiger partial charge in [0.05, 0.1) is 27.9 Å². The van der Waals surface area contributed by atoms with E-state index in [1.807, 2.05) is 0 Å². The third-order valence-corrected chi connectivity index (χ3v) is 5.58. The van der Waals surface area contributed by atoms with Gasteiger partial charge in [-0.15, -0.1) is 0 Å². The molecule has 0 spiro atoms. The molecule has 30 heavy (non-hydrogen) atoms. The van der Waals surface area contributed by atoms with Crippen LogP contribution in [0.4, 0.5) is 13.2 Å². The van der Waals surface area contributed by atoms with Gasteiger partial charge < -0.3 is 0 Å². The summed E-state index contributed by atoms with van der Waals surface area (Å²) in [5.74, 6) is 5.86. The molecule has 1 aromatic carbocycles. The summed E-state index contributed by atoms with van der Waals surface area (Å²) in [7, 11) is -1.55. The number of rotatable bonds is 4. The van der Waals surface area contributed by atoms with E-state index in [-0.39, 0.29) is 4.90 Å². The fourth-order valence-corrected chi connectivity index (χ4v) is 3.35. The van der Waals surface area contributed by atoms with E-state index in [9.17, 15) is 21.6 Å². The Labute approximate surface area is 172 Å². The van der Waals surface area contributed by atoms with Gasteiger partial charge >= 0.3 is 6.18 Å². The first-order valence-electron chi connectivity index (χ1n) is 8.89. The molecule has 3 aromatic rings. The van der Waals surface area contributed by atoms with Crippen molar-refractivity contribution in [3.8, 4) is 11.8 Å². The number of nitrogens with zero attached hydrogens (tertiary/aromatic N) is 3. The summed E-state index contributed by atoms with van der Waals surface area (Å²) in [4.78, 5) is 4.16. The third kappa shape index (κ3) is 5.27. The average Bonchev–Trinajstić information content (AvgIpc) is 3.03. The Morgan fingerprint density at radius 2 is 1.70 bits per heavy atom. The molecule has 2 aromatic heterocycles. The first-order chi connectivity index (χ1) is 14.0. The Bertz CT molecular complexity index is 1200. The molecular weight excluding hydrogens is 415 g/mol. The highest BCUT2D eigenvalue weighted by atomic mass is 32.2. The highest BCUT2D eigenvalue weighted by Gasteiger charge is 2.29. The van der Waals surface area contributed by atoms with Crippen LogP contribution < -0.4 is 0 Å². The Hall–Kier alpha value is -3.12. The van der Waals surface area contributed by atoms with E-state index in [1.165, 1.54) is 30.5 Å². The molecular formula is C21H18F3N3O2S. The fraction of sp³-hybridized carbons (Fsp3) is 0.238. The van der Waals surface area contributed by atoms with Crippen molar-refractivity contribution in [2.75, 3.05) is 6.26 Å². The van der Waals surface area contributed by atoms with E-state index >= 15 is 0 Å². The molecule has 0 bridgehead atoms. The van der Waals surface area contributed by atoms with Crippen LogP contribution >= 0.6 is 0 Å². The van der Waals surface area contributed by atoms with Crippen molar-refractivity contribution in [2.45, 2.75) is 23.9 Å². The molecule has 0 saturated heterocycles. The number of aromatic nitrogens is 3. The lowest BCUT2D eigenvalue weighted by atomic mass is 10.0. The standard InChI is InChI=1S/C21H18F3N3O2S/c1-27-20(12-5-15-3-7-17(8-4-15)21(22,23)24)16(13-26-27)6-9-18-10-11-19(14-25-18)30(2,28)29/h3-4,7-8,10-11,13-14H,5,12H2,1-2H3. The Morgan fingerprint density at radius 1 is 1.00 bits per heavy atom. The van der Waals surface area contributed by atoms with Gasteiger partial charge in [-0.1, -0.05) is 18.1 Å². The zero-order valence-electron chi connectivity index (χ0n) is 16.2. The maximum atomic E-state index is 12.7. The van der Waals surface area contributed by atoms with Crippen LogP contribution in [0.5, 0.6) is 0 Å². The van der Waals surface area contributed by atoms with Crippen LogP contribution in [0, 0.1) is 11.8 Å². The van der Waals surface area contributed by atoms with E-state index in [4.69, 9.17) is 0 Å². The third-order valence-electron chi connectivity index (χ3n) is 4.48. The van der Waals surface area contributed by atoms with Crippen LogP contribution in [0.3, 0.4) is 0 Å². The molecule has 0 aliphatic rings. The minimum Gasteiger partial charge on any atom is -0.271 e. The molecule has 0 saturated carbocycles. The second-order valence-electron chi connectivity index (χ2n) is 6.72. The van der Waals surface area contributed by atoms with E-state index in [1.54, 1.807) is 17.9 Å². The number of hydrogen-bond acceptors (Lipinski definition) is 4. The van der Waals surface area contributed by atoms with Crippen LogP contribution in [0.15, 0.2) is 53.7 Å². The maximum Gasteiger partial charge on any atom is 0.416 e. The van der Waals surface area contributed by atoms with Gasteiger partial charge in [-0.3, -0.25) is 4.68 Å². The van der Waals surface area contributed by atoms with Gasteiger partial charge in [-0.2, -0.15) is 18.3 Å². The summed E-state index contributed by atoms with van der Waals surface area (Å²) in [6.07, 6.45) is 0.707. The minimum absolute atomic E-state index is 0.117. The second kappa shape index (κ2) is 8.32. The highest BCUT2D eigenvalue weighted by molar-refractivity contribution is 7.90. The zero-order chi connectivity index (χ0) is 21.9. The lowest BCUT2D eigenvalue weighted by molar-refractivity contribution is -0.137. The molecule has 5 nitrogen and oxygen atoms in total. The van der Waals surface area contributed by atoms with Crippen molar-refractivity contribution >= 4 is 9.84 Å². The number of pyridine rings is 1. The molecule has 9 heteroatoms. The van der Waals surface area contributed by atoms with Crippen molar-refractivity contribution in [3.05, 3.63) is 76.9 Å². The molecule has 2 heterocycles. The summed E-state index contributed by atoms with van der Waals surface area (Å²) in [5.41, 5.74) is 2.04. The van der Waals surface area contributed by atoms with Gasteiger partial charge in [0.2, 0.25) is 0 Å². The predicted octanol–water partition coefficient (Wildman–Crippen LogP) is 3.42. The second-order valence-corrected chi connectivity index (χ2v) is 8.74. The van der Waals surface area contributed by atoms with Crippen LogP contribution in [-0.4, -0.2) is 29.4 Å². The average molecular weight is 433 g/mol. The summed E-state index contributed by atoms with van der Waals surface area (Å²) in [5, 5.41) is 4.20. The normalized spacial score (nSPS) is 11.8. The van der Waals surface area contributed by atoms with E-state index in [0.29, 0.717) is 24.1 Å². The quantitative estimate of drug-likeness (QED) is 0.592. The number of sulfone groups is 1. The van der Waals surface area contributed by atoms with Crippen LogP contribution in [0.2, 0.25) is 0 Å². The highest BCUT2D eigenvalue weighted by Crippen LogP contribution is 2.29. The summed E-state index contributed by atoms with van der Waals surface area (Å²) < 4.78 is 62.7. The topological polar surface area (TPSA) is 64.8 Å². The zero-order valence-corrected chi connectivity index (χ0v) is 17.0. The van der Waals surface area contributed by atoms with Crippen LogP contribution in [0.1, 0.15) is 28.1 Å². The van der Waals surface area contributed by atoms with E-state index < -0.39 is 21.6 Å². The lowest BCUT2D eigenvalue weighted by Gasteiger charge is -2.08. The molecule has 0 amide bonds. The molecule has 0 atom stereocenters. The Morgan fingerprint density at radius 3 is 2.27 bits per heavy atom. The van der Waals surface area contributed by atoms with Crippen molar-refractivity contribution in [1.29, 1.82) is 0 Å². The van der Waals surface area contributed by atoms with Gasteiger partial charge in [0.1, 0.15) is 5.69 Å². The first kappa shape index (κ1) is 21.6. The van der Waals surface area contributed by atoms with Crippen molar-refractivity contribution in [3.63, 3.8) is 0 Å². The van der Waals surface area contributed by atoms with Crippen LogP contribution in [-0.2, 0) is 35.9 Å². The van der Waals surface area contributed by atoms with Crippen molar-refractivity contribution in [1.82, 2.24) is 14.8 Å². The maximum absolute atomic E-state index is 12.7. The molecule has 0 fully saturated rings. The molecule has 0 aliphatic heterocycles. The fourth-order valence-electron chi connectivity index (χ4n) is 2.79. The molecule has 0 aliphatic carbocycles.